The lowest BCUT2D eigenvalue weighted by atomic mass is 9.84. The third-order valence-corrected chi connectivity index (χ3v) is 9.26. The first kappa shape index (κ1) is 39.1. The number of aromatic nitrogens is 2. The average molecular weight is 730 g/mol. The molecule has 3 unspecified atom stereocenters. The number of anilines is 2. The number of ether oxygens (including phenoxy) is 3. The summed E-state index contributed by atoms with van der Waals surface area (Å²) in [6, 6.07) is 15.9. The zero-order chi connectivity index (χ0) is 38.0. The smallest absolute Gasteiger partial charge is 0.412 e. The molecule has 53 heavy (non-hydrogen) atoms. The van der Waals surface area contributed by atoms with Gasteiger partial charge in [-0.2, -0.15) is 0 Å². The number of carbonyl (C=O) groups excluding carboxylic acids is 4. The Morgan fingerprint density at radius 2 is 1.45 bits per heavy atom. The SMILES string of the molecule is COCCNC(=O)c1nc(CNC(=O)c2ccc(-c3ccc(NC(=O)OC(C)(C)C)cc3)cc2)cc(N2C(C(=O)NCCOC)CC3CCCCC32)n1. The van der Waals surface area contributed by atoms with Gasteiger partial charge in [0.05, 0.1) is 25.5 Å². The van der Waals surface area contributed by atoms with Crippen LogP contribution in [0.1, 0.15) is 79.5 Å². The summed E-state index contributed by atoms with van der Waals surface area (Å²) in [4.78, 5) is 63.4. The van der Waals surface area contributed by atoms with Gasteiger partial charge in [0.25, 0.3) is 11.8 Å². The lowest BCUT2D eigenvalue weighted by Gasteiger charge is -2.34. The molecule has 3 aromatic rings. The number of hydrogen-bond donors (Lipinski definition) is 4. The van der Waals surface area contributed by atoms with Gasteiger partial charge in [-0.25, -0.2) is 14.8 Å². The molecule has 2 aromatic carbocycles. The number of rotatable bonds is 14. The van der Waals surface area contributed by atoms with Crippen molar-refractivity contribution in [2.24, 2.45) is 5.92 Å². The van der Waals surface area contributed by atoms with E-state index in [0.29, 0.717) is 54.9 Å². The molecule has 0 spiro atoms. The van der Waals surface area contributed by atoms with E-state index in [4.69, 9.17) is 14.2 Å². The van der Waals surface area contributed by atoms with Crippen LogP contribution in [0.4, 0.5) is 16.3 Å². The highest BCUT2D eigenvalue weighted by Crippen LogP contribution is 2.42. The van der Waals surface area contributed by atoms with Gasteiger partial charge in [-0.05, 0) is 81.3 Å². The van der Waals surface area contributed by atoms with Gasteiger partial charge < -0.3 is 35.1 Å². The molecule has 3 atom stereocenters. The fraction of sp³-hybridized carbons (Fsp3) is 0.487. The summed E-state index contributed by atoms with van der Waals surface area (Å²) in [5, 5.41) is 11.4. The van der Waals surface area contributed by atoms with E-state index in [0.717, 1.165) is 36.8 Å². The highest BCUT2D eigenvalue weighted by atomic mass is 16.6. The molecule has 5 rings (SSSR count). The van der Waals surface area contributed by atoms with Crippen molar-refractivity contribution in [2.45, 2.75) is 77.1 Å². The van der Waals surface area contributed by atoms with E-state index in [1.807, 2.05) is 24.3 Å². The predicted octanol–water partition coefficient (Wildman–Crippen LogP) is 4.70. The maximum Gasteiger partial charge on any atom is 0.412 e. The van der Waals surface area contributed by atoms with Gasteiger partial charge in [-0.15, -0.1) is 0 Å². The standard InChI is InChI=1S/C39H51N7O7/c1-39(2,3)53-38(50)44-29-16-14-26(15-17-29)25-10-12-27(13-11-25)35(47)42-24-30-23-33(45-34(43-30)37(49)41-19-21-52-5)46-31-9-7-6-8-28(31)22-32(46)36(48)40-18-20-51-4/h10-17,23,28,31-32H,6-9,18-22,24H2,1-5H3,(H,40,48)(H,41,49)(H,42,47)(H,44,50). The van der Waals surface area contributed by atoms with Crippen LogP contribution in [0.2, 0.25) is 0 Å². The summed E-state index contributed by atoms with van der Waals surface area (Å²) < 4.78 is 15.5. The first-order valence-electron chi connectivity index (χ1n) is 18.1. The number of methoxy groups -OCH3 is 2. The Kier molecular flexibility index (Phi) is 13.4. The van der Waals surface area contributed by atoms with Crippen molar-refractivity contribution in [1.29, 1.82) is 0 Å². The van der Waals surface area contributed by atoms with Gasteiger partial charge in [0.15, 0.2) is 0 Å². The lowest BCUT2D eigenvalue weighted by Crippen LogP contribution is -2.48. The molecule has 0 radical (unpaired) electrons. The first-order valence-corrected chi connectivity index (χ1v) is 18.1. The Morgan fingerprint density at radius 3 is 2.11 bits per heavy atom. The van der Waals surface area contributed by atoms with Gasteiger partial charge in [0.1, 0.15) is 17.5 Å². The first-order chi connectivity index (χ1) is 25.5. The molecule has 4 amide bonds. The number of carbonyl (C=O) groups is 4. The number of nitrogens with zero attached hydrogens (tertiary/aromatic N) is 3. The van der Waals surface area contributed by atoms with E-state index in [1.54, 1.807) is 65.3 Å². The van der Waals surface area contributed by atoms with Crippen LogP contribution >= 0.6 is 0 Å². The van der Waals surface area contributed by atoms with Crippen LogP contribution in [0.25, 0.3) is 11.1 Å². The van der Waals surface area contributed by atoms with Crippen LogP contribution < -0.4 is 26.2 Å². The molecule has 1 saturated carbocycles. The van der Waals surface area contributed by atoms with Crippen molar-refractivity contribution in [1.82, 2.24) is 25.9 Å². The second-order valence-corrected chi connectivity index (χ2v) is 14.3. The van der Waals surface area contributed by atoms with Gasteiger partial charge in [-0.3, -0.25) is 19.7 Å². The Hall–Kier alpha value is -5.08. The largest absolute Gasteiger partial charge is 0.444 e. The maximum absolute atomic E-state index is 13.5. The fourth-order valence-corrected chi connectivity index (χ4v) is 6.83. The molecular formula is C39H51N7O7. The van der Waals surface area contributed by atoms with Crippen molar-refractivity contribution in [3.63, 3.8) is 0 Å². The van der Waals surface area contributed by atoms with Crippen LogP contribution in [-0.4, -0.2) is 92.0 Å². The van der Waals surface area contributed by atoms with Gasteiger partial charge in [0.2, 0.25) is 11.7 Å². The molecule has 0 bridgehead atoms. The molecule has 1 aliphatic heterocycles. The summed E-state index contributed by atoms with van der Waals surface area (Å²) >= 11 is 0. The highest BCUT2D eigenvalue weighted by Gasteiger charge is 2.46. The maximum atomic E-state index is 13.5. The van der Waals surface area contributed by atoms with E-state index in [2.05, 4.69) is 36.1 Å². The average Bonchev–Trinajstić information content (AvgIpc) is 3.53. The summed E-state index contributed by atoms with van der Waals surface area (Å²) in [6.07, 6.45) is 4.26. The van der Waals surface area contributed by atoms with Crippen molar-refractivity contribution < 1.29 is 33.4 Å². The molecule has 2 heterocycles. The van der Waals surface area contributed by atoms with E-state index in [9.17, 15) is 19.2 Å². The Morgan fingerprint density at radius 1 is 0.811 bits per heavy atom. The minimum absolute atomic E-state index is 0.0349. The van der Waals surface area contributed by atoms with Crippen LogP contribution in [-0.2, 0) is 25.5 Å². The Bertz CT molecular complexity index is 1730. The predicted molar refractivity (Wildman–Crippen MR) is 201 cm³/mol. The normalized spacial score (nSPS) is 18.1. The van der Waals surface area contributed by atoms with Crippen LogP contribution in [0, 0.1) is 5.92 Å². The molecule has 2 aliphatic rings. The molecule has 4 N–H and O–H groups in total. The number of hydrogen-bond acceptors (Lipinski definition) is 10. The van der Waals surface area contributed by atoms with E-state index in [-0.39, 0.29) is 36.8 Å². The number of fused-ring (bicyclic) bond motifs is 1. The summed E-state index contributed by atoms with van der Waals surface area (Å²) in [5.41, 5.74) is 2.69. The second-order valence-electron chi connectivity index (χ2n) is 14.3. The molecule has 284 valence electrons. The summed E-state index contributed by atoms with van der Waals surface area (Å²) in [5.74, 6) is -0.122. The minimum Gasteiger partial charge on any atom is -0.444 e. The topological polar surface area (TPSA) is 173 Å². The molecule has 14 nitrogen and oxygen atoms in total. The number of nitrogens with one attached hydrogen (secondary N) is 4. The molecule has 14 heteroatoms. The Labute approximate surface area is 310 Å². The highest BCUT2D eigenvalue weighted by molar-refractivity contribution is 5.95. The van der Waals surface area contributed by atoms with E-state index >= 15 is 0 Å². The third kappa shape index (κ3) is 10.7. The quantitative estimate of drug-likeness (QED) is 0.171. The fourth-order valence-electron chi connectivity index (χ4n) is 6.83. The van der Waals surface area contributed by atoms with Crippen molar-refractivity contribution in [3.05, 3.63) is 71.7 Å². The number of benzene rings is 2. The summed E-state index contributed by atoms with van der Waals surface area (Å²) in [6.45, 7) is 6.84. The molecular weight excluding hydrogens is 678 g/mol. The van der Waals surface area contributed by atoms with Gasteiger partial charge in [0, 0.05) is 50.7 Å². The van der Waals surface area contributed by atoms with E-state index in [1.165, 1.54) is 0 Å². The van der Waals surface area contributed by atoms with Crippen LogP contribution in [0.15, 0.2) is 54.6 Å². The van der Waals surface area contributed by atoms with Gasteiger partial charge in [-0.1, -0.05) is 37.1 Å². The Balaban J connectivity index is 1.31. The van der Waals surface area contributed by atoms with Crippen LogP contribution in [0.5, 0.6) is 0 Å². The molecule has 1 saturated heterocycles. The summed E-state index contributed by atoms with van der Waals surface area (Å²) in [7, 11) is 3.14. The van der Waals surface area contributed by atoms with Gasteiger partial charge >= 0.3 is 6.09 Å². The zero-order valence-electron chi connectivity index (χ0n) is 31.2. The zero-order valence-corrected chi connectivity index (χ0v) is 31.2. The second kappa shape index (κ2) is 18.1. The molecule has 2 fully saturated rings. The molecule has 1 aromatic heterocycles. The van der Waals surface area contributed by atoms with Crippen molar-refractivity contribution >= 4 is 35.3 Å². The third-order valence-electron chi connectivity index (χ3n) is 9.26. The van der Waals surface area contributed by atoms with E-state index < -0.39 is 23.6 Å². The minimum atomic E-state index is -0.598. The number of amides is 4. The molecule has 1 aliphatic carbocycles. The van der Waals surface area contributed by atoms with Crippen LogP contribution in [0.3, 0.4) is 0 Å². The monoisotopic (exact) mass is 729 g/mol. The van der Waals surface area contributed by atoms with Crippen molar-refractivity contribution in [2.75, 3.05) is 50.7 Å². The lowest BCUT2D eigenvalue weighted by molar-refractivity contribution is -0.122. The van der Waals surface area contributed by atoms with Crippen molar-refractivity contribution in [3.8, 4) is 11.1 Å².